The van der Waals surface area contributed by atoms with Gasteiger partial charge in [-0.05, 0) is 54.1 Å². The van der Waals surface area contributed by atoms with Crippen molar-refractivity contribution in [3.8, 4) is 17.2 Å². The van der Waals surface area contributed by atoms with Gasteiger partial charge >= 0.3 is 0 Å². The summed E-state index contributed by atoms with van der Waals surface area (Å²) in [6.07, 6.45) is 5.77. The third-order valence-electron chi connectivity index (χ3n) is 4.34. The van der Waals surface area contributed by atoms with Gasteiger partial charge in [-0.1, -0.05) is 0 Å². The summed E-state index contributed by atoms with van der Waals surface area (Å²) in [6.45, 7) is 0. The number of rotatable bonds is 9. The van der Waals surface area contributed by atoms with Crippen LogP contribution >= 0.6 is 0 Å². The molecule has 11 heteroatoms. The largest absolute Gasteiger partial charge is 0.493 e. The molecule has 0 bridgehead atoms. The van der Waals surface area contributed by atoms with Gasteiger partial charge in [0.15, 0.2) is 11.5 Å². The van der Waals surface area contributed by atoms with Crippen molar-refractivity contribution in [2.24, 2.45) is 0 Å². The van der Waals surface area contributed by atoms with Crippen LogP contribution in [0.2, 0.25) is 0 Å². The zero-order valence-corrected chi connectivity index (χ0v) is 18.9. The fraction of sp³-hybridized carbons (Fsp3) is 0.136. The summed E-state index contributed by atoms with van der Waals surface area (Å²) in [4.78, 5) is 20.0. The molecule has 0 saturated carbocycles. The van der Waals surface area contributed by atoms with E-state index in [-0.39, 0.29) is 10.8 Å². The molecule has 0 fully saturated rings. The molecule has 2 N–H and O–H groups in total. The van der Waals surface area contributed by atoms with Crippen LogP contribution in [0.5, 0.6) is 17.2 Å². The number of carbonyl (C=O) groups is 1. The standard InChI is InChI=1S/C22H22N4O6S/c1-30-18-13-15(14-19(31-2)21(18)32-3)5-10-20(27)25-16-6-8-17(9-7-16)33(28,29)26-22-23-11-4-12-24-22/h4-14H,1-3H3,(H,25,27)(H,23,24,26)/b10-5+. The van der Waals surface area contributed by atoms with Gasteiger partial charge < -0.3 is 19.5 Å². The van der Waals surface area contributed by atoms with Crippen molar-refractivity contribution in [2.45, 2.75) is 4.90 Å². The van der Waals surface area contributed by atoms with Gasteiger partial charge in [-0.15, -0.1) is 0 Å². The zero-order valence-electron chi connectivity index (χ0n) is 18.1. The maximum atomic E-state index is 12.4. The summed E-state index contributed by atoms with van der Waals surface area (Å²) < 4.78 is 43.0. The Kier molecular flexibility index (Phi) is 7.46. The van der Waals surface area contributed by atoms with Crippen LogP contribution in [0.1, 0.15) is 5.56 Å². The van der Waals surface area contributed by atoms with Crippen LogP contribution in [-0.4, -0.2) is 45.6 Å². The van der Waals surface area contributed by atoms with Crippen LogP contribution in [0, 0.1) is 0 Å². The van der Waals surface area contributed by atoms with Crippen molar-refractivity contribution >= 4 is 33.6 Å². The predicted octanol–water partition coefficient (Wildman–Crippen LogP) is 2.96. The zero-order chi connectivity index (χ0) is 23.8. The molecule has 1 heterocycles. The van der Waals surface area contributed by atoms with E-state index in [1.54, 1.807) is 24.3 Å². The number of hydrogen-bond acceptors (Lipinski definition) is 8. The lowest BCUT2D eigenvalue weighted by Gasteiger charge is -2.12. The predicted molar refractivity (Wildman–Crippen MR) is 123 cm³/mol. The molecule has 0 radical (unpaired) electrons. The summed E-state index contributed by atoms with van der Waals surface area (Å²) >= 11 is 0. The maximum Gasteiger partial charge on any atom is 0.264 e. The number of methoxy groups -OCH3 is 3. The Morgan fingerprint density at radius 1 is 0.939 bits per heavy atom. The number of anilines is 2. The molecular weight excluding hydrogens is 448 g/mol. The number of aromatic nitrogens is 2. The molecule has 0 unspecified atom stereocenters. The van der Waals surface area contributed by atoms with Gasteiger partial charge in [0.25, 0.3) is 10.0 Å². The molecule has 0 spiro atoms. The van der Waals surface area contributed by atoms with E-state index >= 15 is 0 Å². The van der Waals surface area contributed by atoms with Crippen molar-refractivity contribution in [1.29, 1.82) is 0 Å². The van der Waals surface area contributed by atoms with Gasteiger partial charge in [0, 0.05) is 24.2 Å². The molecule has 0 aliphatic carbocycles. The number of hydrogen-bond donors (Lipinski definition) is 2. The molecule has 1 amide bonds. The molecule has 0 atom stereocenters. The summed E-state index contributed by atoms with van der Waals surface area (Å²) in [7, 11) is 0.653. The van der Waals surface area contributed by atoms with Crippen LogP contribution in [0.4, 0.5) is 11.6 Å². The normalized spacial score (nSPS) is 11.1. The number of nitrogens with one attached hydrogen (secondary N) is 2. The van der Waals surface area contributed by atoms with E-state index in [1.807, 2.05) is 0 Å². The smallest absolute Gasteiger partial charge is 0.264 e. The van der Waals surface area contributed by atoms with E-state index in [2.05, 4.69) is 20.0 Å². The first-order valence-electron chi connectivity index (χ1n) is 9.55. The fourth-order valence-corrected chi connectivity index (χ4v) is 3.76. The fourth-order valence-electron chi connectivity index (χ4n) is 2.80. The highest BCUT2D eigenvalue weighted by atomic mass is 32.2. The molecule has 0 saturated heterocycles. The third kappa shape index (κ3) is 5.98. The Labute approximate surface area is 191 Å². The van der Waals surface area contributed by atoms with Gasteiger partial charge in [0.1, 0.15) is 0 Å². The molecule has 0 aliphatic heterocycles. The number of carbonyl (C=O) groups excluding carboxylic acids is 1. The summed E-state index contributed by atoms with van der Waals surface area (Å²) in [5.74, 6) is 0.929. The van der Waals surface area contributed by atoms with Gasteiger partial charge in [0.05, 0.1) is 26.2 Å². The monoisotopic (exact) mass is 470 g/mol. The van der Waals surface area contributed by atoms with E-state index in [0.29, 0.717) is 28.5 Å². The van der Waals surface area contributed by atoms with Crippen LogP contribution in [-0.2, 0) is 14.8 Å². The molecule has 3 rings (SSSR count). The van der Waals surface area contributed by atoms with Gasteiger partial charge in [-0.2, -0.15) is 0 Å². The second-order valence-corrected chi connectivity index (χ2v) is 8.17. The Bertz CT molecular complexity index is 1220. The minimum atomic E-state index is -3.86. The Balaban J connectivity index is 1.68. The van der Waals surface area contributed by atoms with Crippen molar-refractivity contribution in [3.05, 3.63) is 66.5 Å². The second-order valence-electron chi connectivity index (χ2n) is 6.48. The molecule has 1 aromatic heterocycles. The van der Waals surface area contributed by atoms with Crippen LogP contribution < -0.4 is 24.2 Å². The molecular formula is C22H22N4O6S. The third-order valence-corrected chi connectivity index (χ3v) is 5.68. The summed E-state index contributed by atoms with van der Waals surface area (Å²) in [5, 5.41) is 2.67. The first-order valence-corrected chi connectivity index (χ1v) is 11.0. The number of ether oxygens (including phenoxy) is 3. The maximum absolute atomic E-state index is 12.4. The molecule has 10 nitrogen and oxygen atoms in total. The lowest BCUT2D eigenvalue weighted by molar-refractivity contribution is -0.111. The van der Waals surface area contributed by atoms with Gasteiger partial charge in [-0.25, -0.2) is 23.1 Å². The first kappa shape index (κ1) is 23.5. The van der Waals surface area contributed by atoms with Crippen molar-refractivity contribution in [2.75, 3.05) is 31.4 Å². The van der Waals surface area contributed by atoms with Gasteiger partial charge in [0.2, 0.25) is 17.6 Å². The molecule has 172 valence electrons. The van der Waals surface area contributed by atoms with Crippen LogP contribution in [0.15, 0.2) is 65.8 Å². The summed E-state index contributed by atoms with van der Waals surface area (Å²) in [5.41, 5.74) is 1.08. The van der Waals surface area contributed by atoms with E-state index in [4.69, 9.17) is 14.2 Å². The lowest BCUT2D eigenvalue weighted by atomic mass is 10.1. The highest BCUT2D eigenvalue weighted by Gasteiger charge is 2.15. The number of nitrogens with zero attached hydrogens (tertiary/aromatic N) is 2. The second kappa shape index (κ2) is 10.5. The molecule has 2 aromatic carbocycles. The van der Waals surface area contributed by atoms with Crippen LogP contribution in [0.25, 0.3) is 6.08 Å². The van der Waals surface area contributed by atoms with E-state index < -0.39 is 15.9 Å². The molecule has 3 aromatic rings. The Hall–Kier alpha value is -4.12. The minimum absolute atomic E-state index is 0.000849. The first-order chi connectivity index (χ1) is 15.9. The summed E-state index contributed by atoms with van der Waals surface area (Å²) in [6, 6.07) is 10.7. The molecule has 0 aliphatic rings. The Morgan fingerprint density at radius 3 is 2.09 bits per heavy atom. The van der Waals surface area contributed by atoms with Crippen molar-refractivity contribution in [1.82, 2.24) is 9.97 Å². The molecule has 33 heavy (non-hydrogen) atoms. The minimum Gasteiger partial charge on any atom is -0.493 e. The van der Waals surface area contributed by atoms with Crippen LogP contribution in [0.3, 0.4) is 0 Å². The van der Waals surface area contributed by atoms with E-state index in [9.17, 15) is 13.2 Å². The number of benzene rings is 2. The van der Waals surface area contributed by atoms with E-state index in [0.717, 1.165) is 0 Å². The quantitative estimate of drug-likeness (QED) is 0.457. The highest BCUT2D eigenvalue weighted by molar-refractivity contribution is 7.92. The highest BCUT2D eigenvalue weighted by Crippen LogP contribution is 2.38. The SMILES string of the molecule is COc1cc(/C=C/C(=O)Nc2ccc(S(=O)(=O)Nc3ncccn3)cc2)cc(OC)c1OC. The number of amides is 1. The number of sulfonamides is 1. The Morgan fingerprint density at radius 2 is 1.55 bits per heavy atom. The topological polar surface area (TPSA) is 129 Å². The van der Waals surface area contributed by atoms with Gasteiger partial charge in [-0.3, -0.25) is 4.79 Å². The lowest BCUT2D eigenvalue weighted by Crippen LogP contribution is -2.15. The van der Waals surface area contributed by atoms with Crippen molar-refractivity contribution < 1.29 is 27.4 Å². The average Bonchev–Trinajstić information content (AvgIpc) is 2.82. The van der Waals surface area contributed by atoms with Crippen molar-refractivity contribution in [3.63, 3.8) is 0 Å². The van der Waals surface area contributed by atoms with E-state index in [1.165, 1.54) is 64.1 Å². The average molecular weight is 471 g/mol.